The van der Waals surface area contributed by atoms with Crippen molar-refractivity contribution < 1.29 is 15.0 Å². The summed E-state index contributed by atoms with van der Waals surface area (Å²) in [6.45, 7) is 9.59. The van der Waals surface area contributed by atoms with Gasteiger partial charge in [0.25, 0.3) is 0 Å². The fourth-order valence-corrected chi connectivity index (χ4v) is 3.77. The Morgan fingerprint density at radius 3 is 2.14 bits per heavy atom. The quantitative estimate of drug-likeness (QED) is 0.605. The Labute approximate surface area is 167 Å². The summed E-state index contributed by atoms with van der Waals surface area (Å²) in [5, 5.41) is 19.8. The van der Waals surface area contributed by atoms with Crippen molar-refractivity contribution in [3.8, 4) is 5.75 Å². The summed E-state index contributed by atoms with van der Waals surface area (Å²) in [5.74, 6) is -0.975. The molecule has 0 saturated carbocycles. The smallest absolute Gasteiger partial charge is 0.325 e. The second kappa shape index (κ2) is 9.71. The molecule has 2 aromatic carbocycles. The first-order chi connectivity index (χ1) is 13.2. The number of aromatic hydroxyl groups is 1. The molecular formula is C23H32N2O3. The minimum atomic E-state index is -1.11. The molecule has 152 valence electrons. The van der Waals surface area contributed by atoms with Gasteiger partial charge in [0.05, 0.1) is 0 Å². The van der Waals surface area contributed by atoms with E-state index in [1.165, 1.54) is 0 Å². The van der Waals surface area contributed by atoms with Crippen LogP contribution in [0.3, 0.4) is 0 Å². The monoisotopic (exact) mass is 384 g/mol. The number of aliphatic carboxylic acids is 1. The van der Waals surface area contributed by atoms with E-state index in [0.29, 0.717) is 23.2 Å². The van der Waals surface area contributed by atoms with Crippen LogP contribution in [-0.4, -0.2) is 39.7 Å². The summed E-state index contributed by atoms with van der Waals surface area (Å²) < 4.78 is 0. The highest BCUT2D eigenvalue weighted by molar-refractivity contribution is 5.75. The van der Waals surface area contributed by atoms with Crippen molar-refractivity contribution in [1.82, 2.24) is 4.90 Å². The number of phenols is 1. The number of carbonyl (C=O) groups is 1. The summed E-state index contributed by atoms with van der Waals surface area (Å²) in [5.41, 5.74) is 8.10. The topological polar surface area (TPSA) is 86.8 Å². The maximum Gasteiger partial charge on any atom is 0.325 e. The number of benzene rings is 2. The van der Waals surface area contributed by atoms with Gasteiger partial charge in [0.2, 0.25) is 0 Å². The summed E-state index contributed by atoms with van der Waals surface area (Å²) in [4.78, 5) is 13.7. The molecule has 4 N–H and O–H groups in total. The van der Waals surface area contributed by atoms with E-state index in [1.807, 2.05) is 30.3 Å². The number of carboxylic acid groups (broad SMARTS) is 1. The molecule has 5 heteroatoms. The van der Waals surface area contributed by atoms with Gasteiger partial charge in [-0.2, -0.15) is 0 Å². The van der Waals surface area contributed by atoms with Crippen molar-refractivity contribution in [3.05, 3.63) is 65.2 Å². The van der Waals surface area contributed by atoms with Crippen LogP contribution in [0.4, 0.5) is 0 Å². The lowest BCUT2D eigenvalue weighted by atomic mass is 9.86. The van der Waals surface area contributed by atoms with Crippen LogP contribution in [0.25, 0.3) is 0 Å². The van der Waals surface area contributed by atoms with Crippen molar-refractivity contribution in [3.63, 3.8) is 0 Å². The zero-order chi connectivity index (χ0) is 20.8. The summed E-state index contributed by atoms with van der Waals surface area (Å²) in [6.07, 6.45) is 0.805. The van der Waals surface area contributed by atoms with Gasteiger partial charge in [-0.3, -0.25) is 9.69 Å². The number of nitrogens with zero attached hydrogens (tertiary/aromatic N) is 1. The van der Waals surface area contributed by atoms with Gasteiger partial charge in [-0.15, -0.1) is 0 Å². The first-order valence-corrected chi connectivity index (χ1v) is 9.84. The predicted molar refractivity (Wildman–Crippen MR) is 113 cm³/mol. The molecule has 0 heterocycles. The fraction of sp³-hybridized carbons (Fsp3) is 0.435. The first kappa shape index (κ1) is 21.9. The van der Waals surface area contributed by atoms with E-state index < -0.39 is 12.0 Å². The number of carboxylic acids is 1. The van der Waals surface area contributed by atoms with Crippen molar-refractivity contribution in [2.75, 3.05) is 6.54 Å². The maximum atomic E-state index is 11.3. The van der Waals surface area contributed by atoms with Crippen LogP contribution < -0.4 is 5.73 Å². The number of nitrogens with two attached hydrogens (primary N) is 1. The molecule has 5 nitrogen and oxygen atoms in total. The summed E-state index contributed by atoms with van der Waals surface area (Å²) in [7, 11) is 0. The van der Waals surface area contributed by atoms with Crippen LogP contribution in [0.1, 0.15) is 62.8 Å². The van der Waals surface area contributed by atoms with Crippen LogP contribution in [0.5, 0.6) is 5.75 Å². The second-order valence-corrected chi connectivity index (χ2v) is 7.81. The van der Waals surface area contributed by atoms with E-state index in [1.54, 1.807) is 18.2 Å². The predicted octanol–water partition coefficient (Wildman–Crippen LogP) is 4.12. The average Bonchev–Trinajstić information content (AvgIpc) is 2.65. The van der Waals surface area contributed by atoms with E-state index in [2.05, 4.69) is 32.6 Å². The first-order valence-electron chi connectivity index (χ1n) is 9.84. The zero-order valence-electron chi connectivity index (χ0n) is 17.2. The molecular weight excluding hydrogens is 352 g/mol. The third kappa shape index (κ3) is 5.33. The van der Waals surface area contributed by atoms with Gasteiger partial charge in [0.1, 0.15) is 11.8 Å². The molecule has 0 saturated heterocycles. The van der Waals surface area contributed by atoms with Gasteiger partial charge in [-0.25, -0.2) is 0 Å². The Bertz CT molecular complexity index is 767. The number of hydrogen-bond acceptors (Lipinski definition) is 4. The van der Waals surface area contributed by atoms with E-state index in [-0.39, 0.29) is 11.7 Å². The van der Waals surface area contributed by atoms with E-state index in [0.717, 1.165) is 18.5 Å². The average molecular weight is 385 g/mol. The Morgan fingerprint density at radius 1 is 1.00 bits per heavy atom. The zero-order valence-corrected chi connectivity index (χ0v) is 17.2. The Hall–Kier alpha value is -2.37. The molecule has 0 aromatic heterocycles. The summed E-state index contributed by atoms with van der Waals surface area (Å²) in [6, 6.07) is 14.6. The van der Waals surface area contributed by atoms with Crippen LogP contribution in [-0.2, 0) is 4.79 Å². The van der Waals surface area contributed by atoms with Gasteiger partial charge in [0.15, 0.2) is 0 Å². The standard InChI is InChI=1S/C23H32N2O3/c1-15(2)25(16(3)4)13-12-19(17-8-6-5-7-9-17)20-14-18(10-11-21(20)26)22(24)23(27)28/h5-11,14-16,19,22,26H,12-13,24H2,1-4H3,(H,27,28)/t19?,22-/m1/s1. The molecule has 0 fully saturated rings. The van der Waals surface area contributed by atoms with Gasteiger partial charge >= 0.3 is 5.97 Å². The van der Waals surface area contributed by atoms with Crippen LogP contribution in [0.2, 0.25) is 0 Å². The third-order valence-electron chi connectivity index (χ3n) is 5.26. The normalized spacial score (nSPS) is 13.9. The third-order valence-corrected chi connectivity index (χ3v) is 5.26. The number of hydrogen-bond donors (Lipinski definition) is 3. The van der Waals surface area contributed by atoms with Gasteiger partial charge in [-0.05, 0) is 63.9 Å². The molecule has 0 spiro atoms. The lowest BCUT2D eigenvalue weighted by Gasteiger charge is -2.32. The lowest BCUT2D eigenvalue weighted by Crippen LogP contribution is -2.38. The van der Waals surface area contributed by atoms with E-state index in [4.69, 9.17) is 5.73 Å². The van der Waals surface area contributed by atoms with Crippen molar-refractivity contribution in [1.29, 1.82) is 0 Å². The van der Waals surface area contributed by atoms with Crippen LogP contribution >= 0.6 is 0 Å². The Balaban J connectivity index is 2.42. The molecule has 0 radical (unpaired) electrons. The van der Waals surface area contributed by atoms with Crippen LogP contribution in [0, 0.1) is 0 Å². The number of rotatable bonds is 9. The largest absolute Gasteiger partial charge is 0.508 e. The molecule has 2 aromatic rings. The highest BCUT2D eigenvalue weighted by atomic mass is 16.4. The molecule has 0 aliphatic heterocycles. The fourth-order valence-electron chi connectivity index (χ4n) is 3.77. The summed E-state index contributed by atoms with van der Waals surface area (Å²) >= 11 is 0. The molecule has 0 amide bonds. The molecule has 2 rings (SSSR count). The number of phenolic OH excluding ortho intramolecular Hbond substituents is 1. The minimum absolute atomic E-state index is 0.0536. The molecule has 28 heavy (non-hydrogen) atoms. The van der Waals surface area contributed by atoms with Gasteiger partial charge < -0.3 is 15.9 Å². The van der Waals surface area contributed by atoms with Gasteiger partial charge in [0, 0.05) is 23.6 Å². The molecule has 2 atom stereocenters. The van der Waals surface area contributed by atoms with Gasteiger partial charge in [-0.1, -0.05) is 36.4 Å². The Kier molecular flexibility index (Phi) is 7.61. The second-order valence-electron chi connectivity index (χ2n) is 7.81. The molecule has 0 aliphatic carbocycles. The minimum Gasteiger partial charge on any atom is -0.508 e. The van der Waals surface area contributed by atoms with E-state index >= 15 is 0 Å². The van der Waals surface area contributed by atoms with E-state index in [9.17, 15) is 15.0 Å². The van der Waals surface area contributed by atoms with Crippen molar-refractivity contribution >= 4 is 5.97 Å². The van der Waals surface area contributed by atoms with Crippen molar-refractivity contribution in [2.24, 2.45) is 5.73 Å². The molecule has 0 aliphatic rings. The lowest BCUT2D eigenvalue weighted by molar-refractivity contribution is -0.138. The molecule has 1 unspecified atom stereocenters. The highest BCUT2D eigenvalue weighted by Crippen LogP contribution is 2.36. The Morgan fingerprint density at radius 2 is 1.61 bits per heavy atom. The maximum absolute atomic E-state index is 11.3. The van der Waals surface area contributed by atoms with Crippen LogP contribution in [0.15, 0.2) is 48.5 Å². The SMILES string of the molecule is CC(C)N(CCC(c1ccccc1)c1cc([C@@H](N)C(=O)O)ccc1O)C(C)C. The van der Waals surface area contributed by atoms with Crippen molar-refractivity contribution in [2.45, 2.75) is 58.2 Å². The highest BCUT2D eigenvalue weighted by Gasteiger charge is 2.23. The molecule has 0 bridgehead atoms.